The van der Waals surface area contributed by atoms with Gasteiger partial charge in [-0.15, -0.1) is 11.8 Å². The molecule has 0 unspecified atom stereocenters. The zero-order chi connectivity index (χ0) is 24.2. The molecule has 2 atom stereocenters. The smallest absolute Gasteiger partial charge is 0.543 e. The van der Waals surface area contributed by atoms with E-state index in [1.807, 2.05) is 0 Å². The van der Waals surface area contributed by atoms with Crippen molar-refractivity contribution in [2.45, 2.75) is 24.9 Å². The van der Waals surface area contributed by atoms with E-state index in [9.17, 15) is 19.5 Å². The molecule has 13 nitrogen and oxygen atoms in total. The van der Waals surface area contributed by atoms with Crippen molar-refractivity contribution in [2.24, 2.45) is 5.16 Å². The molecule has 2 aromatic heterocycles. The first-order valence-electron chi connectivity index (χ1n) is 9.92. The predicted molar refractivity (Wildman–Crippen MR) is 119 cm³/mol. The number of thioether (sulfide) groups is 1. The number of nitrogens with zero attached hydrogens (tertiary/aromatic N) is 5. The maximum Gasteiger partial charge on any atom is 1.00 e. The number of ether oxygens (including phenoxy) is 1. The van der Waals surface area contributed by atoms with Gasteiger partial charge in [0.05, 0.1) is 11.7 Å². The van der Waals surface area contributed by atoms with Crippen LogP contribution in [-0.2, 0) is 30.6 Å². The number of oxime groups is 1. The second-order valence-corrected chi connectivity index (χ2v) is 8.77. The molecule has 2 amide bonds. The van der Waals surface area contributed by atoms with Gasteiger partial charge in [-0.05, 0) is 24.6 Å². The summed E-state index contributed by atoms with van der Waals surface area (Å²) in [7, 11) is 0. The van der Waals surface area contributed by atoms with Crippen LogP contribution < -0.4 is 45.7 Å². The number of nitrogen functional groups attached to an aromatic ring is 1. The molecule has 4 rings (SSSR count). The number of aromatic nitrogens is 3. The molecule has 0 saturated carbocycles. The third kappa shape index (κ3) is 5.75. The van der Waals surface area contributed by atoms with Crippen molar-refractivity contribution in [3.63, 3.8) is 0 Å². The van der Waals surface area contributed by atoms with E-state index in [2.05, 4.69) is 24.8 Å². The summed E-state index contributed by atoms with van der Waals surface area (Å²) in [6.07, 6.45) is 3.17. The Labute approximate surface area is 229 Å². The molecule has 1 fully saturated rings. The average molecular weight is 528 g/mol. The number of carboxylic acid groups (broad SMARTS) is 1. The second-order valence-electron chi connectivity index (χ2n) is 6.88. The number of amides is 2. The van der Waals surface area contributed by atoms with Crippen molar-refractivity contribution < 1.29 is 58.6 Å². The molecule has 1 saturated heterocycles. The van der Waals surface area contributed by atoms with Crippen LogP contribution in [0.2, 0.25) is 0 Å². The Hall–Kier alpha value is -2.72. The third-order valence-electron chi connectivity index (χ3n) is 4.73. The van der Waals surface area contributed by atoms with E-state index >= 15 is 0 Å². The van der Waals surface area contributed by atoms with Crippen molar-refractivity contribution in [1.82, 2.24) is 24.6 Å². The molecule has 2 aromatic rings. The molecule has 0 aromatic carbocycles. The average Bonchev–Trinajstić information content (AvgIpc) is 3.27. The van der Waals surface area contributed by atoms with Gasteiger partial charge < -0.3 is 30.5 Å². The molecule has 0 radical (unpaired) electrons. The van der Waals surface area contributed by atoms with E-state index in [1.165, 1.54) is 11.8 Å². The van der Waals surface area contributed by atoms with Gasteiger partial charge in [0, 0.05) is 23.9 Å². The van der Waals surface area contributed by atoms with Crippen LogP contribution in [0, 0.1) is 0 Å². The van der Waals surface area contributed by atoms with Crippen LogP contribution in [0.1, 0.15) is 18.3 Å². The minimum atomic E-state index is -1.55. The van der Waals surface area contributed by atoms with E-state index in [-0.39, 0.29) is 76.6 Å². The maximum absolute atomic E-state index is 12.8. The summed E-state index contributed by atoms with van der Waals surface area (Å²) in [5.41, 5.74) is 5.76. The normalized spacial score (nSPS) is 19.3. The van der Waals surface area contributed by atoms with Gasteiger partial charge in [0.2, 0.25) is 11.5 Å². The zero-order valence-electron chi connectivity index (χ0n) is 18.7. The Morgan fingerprint density at radius 2 is 2.11 bits per heavy atom. The van der Waals surface area contributed by atoms with Crippen LogP contribution in [0.25, 0.3) is 0 Å². The largest absolute Gasteiger partial charge is 1.00 e. The molecular weight excluding hydrogens is 509 g/mol. The van der Waals surface area contributed by atoms with Gasteiger partial charge in [-0.3, -0.25) is 19.5 Å². The van der Waals surface area contributed by atoms with Gasteiger partial charge in [0.15, 0.2) is 5.13 Å². The van der Waals surface area contributed by atoms with Crippen molar-refractivity contribution in [3.8, 4) is 0 Å². The SMILES string of the molecule is CCO/N=C(\C(=O)N[C@@H]1C(=O)N2C(C(=O)[O-])=C(OCc3ccncc3)CS[C@H]12)c1nsc(N)n1.[Na+]. The second kappa shape index (κ2) is 11.8. The van der Waals surface area contributed by atoms with E-state index < -0.39 is 29.2 Å². The molecule has 0 spiro atoms. The standard InChI is InChI=1S/C19H19N7O6S2.Na/c1-2-32-24-11(14-23-19(20)34-25-14)15(27)22-12-16(28)26-13(18(29)30)10(8-33-17(12)26)31-7-9-3-5-21-6-4-9;/h3-6,12,17H,2,7-8H2,1H3,(H,22,27)(H,29,30)(H2,20,23,25);/q;+1/p-1/b24-11-;/t12-,17-;/m1./s1. The van der Waals surface area contributed by atoms with Gasteiger partial charge in [-0.2, -0.15) is 9.36 Å². The number of hydrogen-bond acceptors (Lipinski definition) is 13. The van der Waals surface area contributed by atoms with Crippen molar-refractivity contribution >= 4 is 51.9 Å². The Kier molecular flexibility index (Phi) is 9.07. The summed E-state index contributed by atoms with van der Waals surface area (Å²) in [5.74, 6) is -2.71. The Bertz CT molecular complexity index is 1180. The molecule has 3 N–H and O–H groups in total. The Morgan fingerprint density at radius 3 is 2.74 bits per heavy atom. The number of fused-ring (bicyclic) bond motifs is 1. The van der Waals surface area contributed by atoms with E-state index in [1.54, 1.807) is 31.5 Å². The summed E-state index contributed by atoms with van der Waals surface area (Å²) in [6, 6.07) is 2.45. The minimum absolute atomic E-state index is 0. The number of aliphatic carboxylic acids is 1. The first-order chi connectivity index (χ1) is 16.4. The molecule has 4 heterocycles. The minimum Gasteiger partial charge on any atom is -0.543 e. The number of carbonyl (C=O) groups excluding carboxylic acids is 3. The number of β-lactam (4-membered cyclic amide) rings is 1. The summed E-state index contributed by atoms with van der Waals surface area (Å²) < 4.78 is 9.62. The van der Waals surface area contributed by atoms with Gasteiger partial charge in [-0.1, -0.05) is 5.16 Å². The summed E-state index contributed by atoms with van der Waals surface area (Å²) in [4.78, 5) is 51.4. The number of hydrogen-bond donors (Lipinski definition) is 2. The van der Waals surface area contributed by atoms with Gasteiger partial charge >= 0.3 is 29.6 Å². The van der Waals surface area contributed by atoms with Crippen LogP contribution >= 0.6 is 23.3 Å². The van der Waals surface area contributed by atoms with Gasteiger partial charge in [-0.25, -0.2) is 0 Å². The topological polar surface area (TPSA) is 185 Å². The quantitative estimate of drug-likeness (QED) is 0.140. The first-order valence-corrected chi connectivity index (χ1v) is 11.7. The van der Waals surface area contributed by atoms with Crippen molar-refractivity contribution in [3.05, 3.63) is 47.4 Å². The van der Waals surface area contributed by atoms with Crippen molar-refractivity contribution in [2.75, 3.05) is 18.1 Å². The van der Waals surface area contributed by atoms with Gasteiger partial charge in [0.1, 0.15) is 36.1 Å². The predicted octanol–water partition coefficient (Wildman–Crippen LogP) is -4.16. The number of anilines is 1. The van der Waals surface area contributed by atoms with Crippen LogP contribution in [0.3, 0.4) is 0 Å². The fraction of sp³-hybridized carbons (Fsp3) is 0.316. The maximum atomic E-state index is 12.8. The fourth-order valence-corrected chi connectivity index (χ4v) is 4.91. The fourth-order valence-electron chi connectivity index (χ4n) is 3.19. The van der Waals surface area contributed by atoms with Crippen LogP contribution in [-0.4, -0.2) is 66.5 Å². The third-order valence-corrected chi connectivity index (χ3v) is 6.53. The van der Waals surface area contributed by atoms with E-state index in [4.69, 9.17) is 15.3 Å². The number of rotatable bonds is 9. The Morgan fingerprint density at radius 1 is 1.37 bits per heavy atom. The number of nitrogens with two attached hydrogens (primary N) is 1. The number of carbonyl (C=O) groups is 3. The van der Waals surface area contributed by atoms with Crippen molar-refractivity contribution in [1.29, 1.82) is 0 Å². The van der Waals surface area contributed by atoms with E-state index in [0.717, 1.165) is 22.0 Å². The monoisotopic (exact) mass is 527 g/mol. The molecule has 2 aliphatic rings. The molecule has 2 aliphatic heterocycles. The molecule has 178 valence electrons. The number of carboxylic acids is 1. The van der Waals surface area contributed by atoms with E-state index in [0.29, 0.717) is 0 Å². The molecule has 16 heteroatoms. The molecular formula is C19H18N7NaO6S2. The summed E-state index contributed by atoms with van der Waals surface area (Å²) >= 11 is 2.12. The molecule has 35 heavy (non-hydrogen) atoms. The summed E-state index contributed by atoms with van der Waals surface area (Å²) in [5, 5.41) is 17.6. The number of nitrogens with one attached hydrogen (secondary N) is 1. The number of pyridine rings is 1. The van der Waals surface area contributed by atoms with Crippen LogP contribution in [0.15, 0.2) is 41.1 Å². The summed E-state index contributed by atoms with van der Waals surface area (Å²) in [6.45, 7) is 1.96. The van der Waals surface area contributed by atoms with Crippen LogP contribution in [0.4, 0.5) is 5.13 Å². The zero-order valence-corrected chi connectivity index (χ0v) is 22.3. The van der Waals surface area contributed by atoms with Gasteiger partial charge in [0.25, 0.3) is 11.8 Å². The Balaban J connectivity index is 0.00000342. The van der Waals surface area contributed by atoms with Crippen LogP contribution in [0.5, 0.6) is 0 Å². The molecule has 0 bridgehead atoms. The molecule has 0 aliphatic carbocycles. The first kappa shape index (κ1) is 26.9.